The second-order valence-electron chi connectivity index (χ2n) is 1.62. The summed E-state index contributed by atoms with van der Waals surface area (Å²) < 4.78 is 5.43. The second-order valence-corrected chi connectivity index (χ2v) is 2.78. The number of hydrogen-bond donors (Lipinski definition) is 0. The molecule has 0 N–H and O–H groups in total. The van der Waals surface area contributed by atoms with E-state index >= 15 is 0 Å². The van der Waals surface area contributed by atoms with Gasteiger partial charge in [0.05, 0.1) is 3.57 Å². The maximum Gasteiger partial charge on any atom is 0.423 e. The molecule has 0 atom stereocenters. The van der Waals surface area contributed by atoms with E-state index in [0.717, 1.165) is 3.57 Å². The Bertz CT molecular complexity index is 235. The SMILES string of the molecule is O=[C]Oc1ccccc1I. The molecule has 3 heteroatoms. The van der Waals surface area contributed by atoms with Crippen LogP contribution in [0.25, 0.3) is 0 Å². The van der Waals surface area contributed by atoms with Gasteiger partial charge in [-0.05, 0) is 34.7 Å². The smallest absolute Gasteiger partial charge is 0.417 e. The predicted molar refractivity (Wildman–Crippen MR) is 45.5 cm³/mol. The van der Waals surface area contributed by atoms with Gasteiger partial charge in [0.15, 0.2) is 0 Å². The topological polar surface area (TPSA) is 26.3 Å². The number of halogens is 1. The van der Waals surface area contributed by atoms with Crippen molar-refractivity contribution in [3.05, 3.63) is 27.8 Å². The van der Waals surface area contributed by atoms with Crippen LogP contribution in [0.3, 0.4) is 0 Å². The van der Waals surface area contributed by atoms with Crippen LogP contribution in [0.15, 0.2) is 24.3 Å². The summed E-state index contributed by atoms with van der Waals surface area (Å²) in [6.07, 6.45) is 0. The summed E-state index contributed by atoms with van der Waals surface area (Å²) in [6, 6.07) is 7.24. The van der Waals surface area contributed by atoms with Gasteiger partial charge in [-0.25, -0.2) is 4.79 Å². The summed E-state index contributed by atoms with van der Waals surface area (Å²) in [5.41, 5.74) is 0. The van der Waals surface area contributed by atoms with E-state index in [1.54, 1.807) is 12.1 Å². The minimum absolute atomic E-state index is 0.554. The fraction of sp³-hybridized carbons (Fsp3) is 0. The molecule has 1 rings (SSSR count). The number of para-hydroxylation sites is 1. The van der Waals surface area contributed by atoms with Crippen molar-refractivity contribution >= 4 is 29.1 Å². The molecule has 0 aliphatic heterocycles. The van der Waals surface area contributed by atoms with E-state index in [4.69, 9.17) is 0 Å². The molecule has 0 aliphatic carbocycles. The molecule has 51 valence electrons. The molecule has 0 bridgehead atoms. The van der Waals surface area contributed by atoms with E-state index in [-0.39, 0.29) is 0 Å². The normalized spacial score (nSPS) is 8.90. The van der Waals surface area contributed by atoms with Gasteiger partial charge in [-0.1, -0.05) is 12.1 Å². The molecular weight excluding hydrogens is 243 g/mol. The number of ether oxygens (including phenoxy) is 1. The van der Waals surface area contributed by atoms with E-state index < -0.39 is 0 Å². The molecule has 0 heterocycles. The molecule has 0 saturated heterocycles. The summed E-state index contributed by atoms with van der Waals surface area (Å²) >= 11 is 2.08. The van der Waals surface area contributed by atoms with Gasteiger partial charge in [-0.15, -0.1) is 0 Å². The lowest BCUT2D eigenvalue weighted by Gasteiger charge is -1.96. The highest BCUT2D eigenvalue weighted by molar-refractivity contribution is 14.1. The van der Waals surface area contributed by atoms with E-state index in [9.17, 15) is 4.79 Å². The molecule has 1 aromatic carbocycles. The largest absolute Gasteiger partial charge is 0.423 e. The standard InChI is InChI=1S/C7H4IO2/c8-6-3-1-2-4-7(6)10-5-9/h1-4H. The Kier molecular flexibility index (Phi) is 2.68. The van der Waals surface area contributed by atoms with Gasteiger partial charge < -0.3 is 4.74 Å². The molecule has 0 aliphatic rings. The zero-order valence-corrected chi connectivity index (χ0v) is 7.16. The third-order valence-electron chi connectivity index (χ3n) is 0.988. The second kappa shape index (κ2) is 3.55. The minimum Gasteiger partial charge on any atom is -0.417 e. The van der Waals surface area contributed by atoms with Crippen molar-refractivity contribution in [3.8, 4) is 5.75 Å². The van der Waals surface area contributed by atoms with Crippen LogP contribution in [0, 0.1) is 3.57 Å². The first kappa shape index (κ1) is 7.53. The van der Waals surface area contributed by atoms with E-state index in [0.29, 0.717) is 5.75 Å². The maximum atomic E-state index is 9.78. The van der Waals surface area contributed by atoms with Crippen LogP contribution < -0.4 is 4.74 Å². The quantitative estimate of drug-likeness (QED) is 0.744. The average Bonchev–Trinajstić information content (AvgIpc) is 1.94. The highest BCUT2D eigenvalue weighted by Crippen LogP contribution is 2.18. The molecule has 0 spiro atoms. The zero-order chi connectivity index (χ0) is 7.40. The minimum atomic E-state index is 0.554. The highest BCUT2D eigenvalue weighted by Gasteiger charge is 1.96. The van der Waals surface area contributed by atoms with Gasteiger partial charge >= 0.3 is 6.47 Å². The Morgan fingerprint density at radius 1 is 1.40 bits per heavy atom. The van der Waals surface area contributed by atoms with Crippen molar-refractivity contribution in [2.45, 2.75) is 0 Å². The third-order valence-corrected chi connectivity index (χ3v) is 1.88. The summed E-state index contributed by atoms with van der Waals surface area (Å²) in [6.45, 7) is 1.37. The van der Waals surface area contributed by atoms with Gasteiger partial charge in [0.2, 0.25) is 0 Å². The van der Waals surface area contributed by atoms with Crippen LogP contribution >= 0.6 is 22.6 Å². The molecule has 1 radical (unpaired) electrons. The van der Waals surface area contributed by atoms with Gasteiger partial charge in [0.25, 0.3) is 0 Å². The molecule has 0 amide bonds. The van der Waals surface area contributed by atoms with E-state index in [1.807, 2.05) is 12.1 Å². The monoisotopic (exact) mass is 247 g/mol. The van der Waals surface area contributed by atoms with Gasteiger partial charge in [0, 0.05) is 0 Å². The van der Waals surface area contributed by atoms with Crippen LogP contribution in [0.2, 0.25) is 0 Å². The molecule has 0 fully saturated rings. The number of benzene rings is 1. The molecule has 2 nitrogen and oxygen atoms in total. The molecule has 0 saturated carbocycles. The molecular formula is C7H4IO2. The summed E-state index contributed by atoms with van der Waals surface area (Å²) in [7, 11) is 0. The fourth-order valence-corrected chi connectivity index (χ4v) is 1.07. The van der Waals surface area contributed by atoms with Crippen LogP contribution in [0.4, 0.5) is 0 Å². The number of rotatable bonds is 2. The Morgan fingerprint density at radius 3 is 2.70 bits per heavy atom. The molecule has 0 unspecified atom stereocenters. The summed E-state index contributed by atoms with van der Waals surface area (Å²) in [5.74, 6) is 0.554. The van der Waals surface area contributed by atoms with Crippen LogP contribution in [0.5, 0.6) is 5.75 Å². The van der Waals surface area contributed by atoms with Gasteiger partial charge in [-0.3, -0.25) is 0 Å². The lowest BCUT2D eigenvalue weighted by Crippen LogP contribution is -1.89. The predicted octanol–water partition coefficient (Wildman–Crippen LogP) is 1.74. The van der Waals surface area contributed by atoms with Gasteiger partial charge in [-0.2, -0.15) is 0 Å². The lowest BCUT2D eigenvalue weighted by molar-refractivity contribution is 0.441. The highest BCUT2D eigenvalue weighted by atomic mass is 127. The first-order valence-corrected chi connectivity index (χ1v) is 3.71. The Morgan fingerprint density at radius 2 is 2.10 bits per heavy atom. The zero-order valence-electron chi connectivity index (χ0n) is 5.00. The van der Waals surface area contributed by atoms with Crippen molar-refractivity contribution in [2.75, 3.05) is 0 Å². The number of carbonyl (C=O) groups excluding carboxylic acids is 1. The molecule has 0 aromatic heterocycles. The lowest BCUT2D eigenvalue weighted by atomic mass is 10.3. The van der Waals surface area contributed by atoms with Crippen molar-refractivity contribution < 1.29 is 9.53 Å². The Balaban J connectivity index is 2.91. The summed E-state index contributed by atoms with van der Waals surface area (Å²) in [4.78, 5) is 9.78. The van der Waals surface area contributed by atoms with E-state index in [2.05, 4.69) is 27.3 Å². The summed E-state index contributed by atoms with van der Waals surface area (Å²) in [5, 5.41) is 0. The maximum absolute atomic E-state index is 9.78. The fourth-order valence-electron chi connectivity index (χ4n) is 0.572. The van der Waals surface area contributed by atoms with Crippen molar-refractivity contribution in [1.82, 2.24) is 0 Å². The van der Waals surface area contributed by atoms with Crippen LogP contribution in [-0.4, -0.2) is 6.47 Å². The molecule has 10 heavy (non-hydrogen) atoms. The van der Waals surface area contributed by atoms with Crippen LogP contribution in [-0.2, 0) is 4.79 Å². The molecule has 1 aromatic rings. The van der Waals surface area contributed by atoms with Crippen LogP contribution in [0.1, 0.15) is 0 Å². The van der Waals surface area contributed by atoms with Crippen molar-refractivity contribution in [3.63, 3.8) is 0 Å². The Hall–Kier alpha value is -0.580. The number of hydrogen-bond acceptors (Lipinski definition) is 2. The van der Waals surface area contributed by atoms with Crippen molar-refractivity contribution in [1.29, 1.82) is 0 Å². The first-order valence-electron chi connectivity index (χ1n) is 2.63. The van der Waals surface area contributed by atoms with Gasteiger partial charge in [0.1, 0.15) is 5.75 Å². The Labute approximate surface area is 72.3 Å². The van der Waals surface area contributed by atoms with Crippen molar-refractivity contribution in [2.24, 2.45) is 0 Å². The third kappa shape index (κ3) is 1.70. The average molecular weight is 247 g/mol. The first-order chi connectivity index (χ1) is 4.84. The van der Waals surface area contributed by atoms with E-state index in [1.165, 1.54) is 6.47 Å².